The maximum atomic E-state index is 12.4. The molecule has 0 fully saturated rings. The van der Waals surface area contributed by atoms with Crippen LogP contribution in [-0.4, -0.2) is 23.5 Å². The highest BCUT2D eigenvalue weighted by Crippen LogP contribution is 2.26. The van der Waals surface area contributed by atoms with E-state index in [2.05, 4.69) is 14.7 Å². The van der Waals surface area contributed by atoms with Crippen LogP contribution < -0.4 is 4.72 Å². The van der Waals surface area contributed by atoms with E-state index in [9.17, 15) is 13.5 Å². The van der Waals surface area contributed by atoms with E-state index >= 15 is 0 Å². The highest BCUT2D eigenvalue weighted by atomic mass is 32.2. The minimum atomic E-state index is -3.79. The molecule has 2 rings (SSSR count). The van der Waals surface area contributed by atoms with Gasteiger partial charge in [-0.3, -0.25) is 0 Å². The Morgan fingerprint density at radius 2 is 2.00 bits per heavy atom. The lowest BCUT2D eigenvalue weighted by Crippen LogP contribution is -2.25. The Bertz CT molecular complexity index is 753. The second-order valence-electron chi connectivity index (χ2n) is 4.60. The van der Waals surface area contributed by atoms with Gasteiger partial charge in [-0.2, -0.15) is 0 Å². The normalized spacial score (nSPS) is 11.8. The number of aromatic nitrogens is 2. The van der Waals surface area contributed by atoms with Gasteiger partial charge in [-0.1, -0.05) is 0 Å². The van der Waals surface area contributed by atoms with Gasteiger partial charge < -0.3 is 9.52 Å². The van der Waals surface area contributed by atoms with Crippen LogP contribution >= 0.6 is 0 Å². The zero-order valence-electron chi connectivity index (χ0n) is 12.0. The van der Waals surface area contributed by atoms with E-state index < -0.39 is 16.6 Å². The maximum absolute atomic E-state index is 12.4. The number of rotatable bonds is 5. The fourth-order valence-corrected chi connectivity index (χ4v) is 3.52. The summed E-state index contributed by atoms with van der Waals surface area (Å²) < 4.78 is 32.5. The van der Waals surface area contributed by atoms with Crippen LogP contribution in [0.3, 0.4) is 0 Å². The molecular formula is C13H17N3O4S. The minimum absolute atomic E-state index is 0.00622. The van der Waals surface area contributed by atoms with Crippen LogP contribution in [0.5, 0.6) is 0 Å². The van der Waals surface area contributed by atoms with Gasteiger partial charge in [-0.25, -0.2) is 23.1 Å². The molecule has 8 heteroatoms. The van der Waals surface area contributed by atoms with E-state index in [0.29, 0.717) is 17.3 Å². The van der Waals surface area contributed by atoms with Gasteiger partial charge in [0, 0.05) is 11.8 Å². The first kappa shape index (κ1) is 15.6. The molecule has 0 bridgehead atoms. The van der Waals surface area contributed by atoms with Crippen LogP contribution in [0.1, 0.15) is 28.6 Å². The van der Waals surface area contributed by atoms with Crippen LogP contribution in [-0.2, 0) is 23.2 Å². The number of hydrogen-bond donors (Lipinski definition) is 2. The third-order valence-electron chi connectivity index (χ3n) is 3.03. The number of furan rings is 1. The third kappa shape index (κ3) is 3.29. The van der Waals surface area contributed by atoms with E-state index in [1.54, 1.807) is 33.0 Å². The van der Waals surface area contributed by atoms with Crippen molar-refractivity contribution in [2.24, 2.45) is 0 Å². The van der Waals surface area contributed by atoms with Crippen LogP contribution in [0.2, 0.25) is 0 Å². The van der Waals surface area contributed by atoms with Crippen LogP contribution in [0, 0.1) is 20.8 Å². The molecule has 7 nitrogen and oxygen atoms in total. The largest absolute Gasteiger partial charge is 0.465 e. The lowest BCUT2D eigenvalue weighted by Gasteiger charge is -2.07. The van der Waals surface area contributed by atoms with Crippen molar-refractivity contribution in [3.8, 4) is 0 Å². The molecular weight excluding hydrogens is 294 g/mol. The van der Waals surface area contributed by atoms with Gasteiger partial charge in [0.25, 0.3) is 0 Å². The molecule has 2 heterocycles. The third-order valence-corrected chi connectivity index (χ3v) is 4.62. The number of nitrogens with zero attached hydrogens (tertiary/aromatic N) is 2. The molecule has 2 N–H and O–H groups in total. The number of nitrogens with one attached hydrogen (secondary N) is 1. The number of hydrogen-bond acceptors (Lipinski definition) is 6. The first-order valence-corrected chi connectivity index (χ1v) is 7.81. The number of aliphatic hydroxyl groups excluding tert-OH is 1. The summed E-state index contributed by atoms with van der Waals surface area (Å²) in [5, 5.41) is 9.32. The molecule has 0 saturated carbocycles. The van der Waals surface area contributed by atoms with Crippen molar-refractivity contribution < 1.29 is 17.9 Å². The molecule has 0 saturated heterocycles. The Hall–Kier alpha value is -1.77. The summed E-state index contributed by atoms with van der Waals surface area (Å²) in [7, 11) is -3.79. The van der Waals surface area contributed by atoms with E-state index in [1.165, 1.54) is 0 Å². The second-order valence-corrected chi connectivity index (χ2v) is 6.30. The predicted octanol–water partition coefficient (Wildman–Crippen LogP) is 0.966. The van der Waals surface area contributed by atoms with Crippen molar-refractivity contribution in [1.29, 1.82) is 0 Å². The van der Waals surface area contributed by atoms with E-state index in [0.717, 1.165) is 0 Å². The Balaban J connectivity index is 2.27. The summed E-state index contributed by atoms with van der Waals surface area (Å²) >= 11 is 0. The van der Waals surface area contributed by atoms with Crippen LogP contribution in [0.4, 0.5) is 0 Å². The zero-order chi connectivity index (χ0) is 15.6. The summed E-state index contributed by atoms with van der Waals surface area (Å²) in [5.41, 5.74) is 0.841. The molecule has 0 aliphatic heterocycles. The molecule has 0 radical (unpaired) electrons. The SMILES string of the molecule is Cc1nccc(CNS(=O)(=O)c2c(C)oc(C)c2CO)n1. The Kier molecular flexibility index (Phi) is 4.40. The van der Waals surface area contributed by atoms with Gasteiger partial charge in [0.1, 0.15) is 22.2 Å². The van der Waals surface area contributed by atoms with Crippen LogP contribution in [0.25, 0.3) is 0 Å². The molecule has 0 aromatic carbocycles. The quantitative estimate of drug-likeness (QED) is 0.852. The van der Waals surface area contributed by atoms with Crippen molar-refractivity contribution in [2.75, 3.05) is 0 Å². The molecule has 0 amide bonds. The first-order chi connectivity index (χ1) is 9.85. The average Bonchev–Trinajstić information content (AvgIpc) is 2.71. The van der Waals surface area contributed by atoms with E-state index in [1.807, 2.05) is 0 Å². The highest BCUT2D eigenvalue weighted by Gasteiger charge is 2.26. The first-order valence-electron chi connectivity index (χ1n) is 6.33. The number of sulfonamides is 1. The van der Waals surface area contributed by atoms with Crippen LogP contribution in [0.15, 0.2) is 21.6 Å². The smallest absolute Gasteiger partial charge is 0.244 e. The van der Waals surface area contributed by atoms with Crippen molar-refractivity contribution in [3.05, 3.63) is 40.9 Å². The molecule has 0 spiro atoms. The zero-order valence-corrected chi connectivity index (χ0v) is 12.9. The molecule has 2 aromatic heterocycles. The van der Waals surface area contributed by atoms with E-state index in [4.69, 9.17) is 4.42 Å². The monoisotopic (exact) mass is 311 g/mol. The molecule has 0 atom stereocenters. The molecule has 21 heavy (non-hydrogen) atoms. The summed E-state index contributed by atoms with van der Waals surface area (Å²) in [6, 6.07) is 1.63. The molecule has 0 aliphatic rings. The van der Waals surface area contributed by atoms with Gasteiger partial charge >= 0.3 is 0 Å². The van der Waals surface area contributed by atoms with Gasteiger partial charge in [-0.05, 0) is 26.8 Å². The summed E-state index contributed by atoms with van der Waals surface area (Å²) in [4.78, 5) is 8.07. The Morgan fingerprint density at radius 1 is 1.29 bits per heavy atom. The minimum Gasteiger partial charge on any atom is -0.465 e. The van der Waals surface area contributed by atoms with Crippen molar-refractivity contribution >= 4 is 10.0 Å². The average molecular weight is 311 g/mol. The lowest BCUT2D eigenvalue weighted by molar-refractivity contribution is 0.276. The number of aliphatic hydroxyl groups is 1. The van der Waals surface area contributed by atoms with Crippen molar-refractivity contribution in [2.45, 2.75) is 38.8 Å². The predicted molar refractivity (Wildman–Crippen MR) is 74.9 cm³/mol. The molecule has 0 unspecified atom stereocenters. The fourth-order valence-electron chi connectivity index (χ4n) is 2.09. The van der Waals surface area contributed by atoms with Crippen molar-refractivity contribution in [1.82, 2.24) is 14.7 Å². The van der Waals surface area contributed by atoms with Crippen molar-refractivity contribution in [3.63, 3.8) is 0 Å². The summed E-state index contributed by atoms with van der Waals surface area (Å²) in [6.07, 6.45) is 1.57. The van der Waals surface area contributed by atoms with Gasteiger partial charge in [0.05, 0.1) is 18.8 Å². The standard InChI is InChI=1S/C13H17N3O4S/c1-8-12(7-17)13(9(2)20-8)21(18,19)15-6-11-4-5-14-10(3)16-11/h4-5,15,17H,6-7H2,1-3H3. The summed E-state index contributed by atoms with van der Waals surface area (Å²) in [5.74, 6) is 1.22. The second kappa shape index (κ2) is 5.92. The van der Waals surface area contributed by atoms with E-state index in [-0.39, 0.29) is 22.8 Å². The molecule has 2 aromatic rings. The van der Waals surface area contributed by atoms with Gasteiger partial charge in [0.15, 0.2) is 0 Å². The molecule has 114 valence electrons. The lowest BCUT2D eigenvalue weighted by atomic mass is 10.2. The van der Waals surface area contributed by atoms with Gasteiger partial charge in [0.2, 0.25) is 10.0 Å². The Morgan fingerprint density at radius 3 is 2.62 bits per heavy atom. The summed E-state index contributed by atoms with van der Waals surface area (Å²) in [6.45, 7) is 4.54. The molecule has 0 aliphatic carbocycles. The topological polar surface area (TPSA) is 105 Å². The fraction of sp³-hybridized carbons (Fsp3) is 0.385. The maximum Gasteiger partial charge on any atom is 0.244 e. The van der Waals surface area contributed by atoms with Gasteiger partial charge in [-0.15, -0.1) is 0 Å². The number of aryl methyl sites for hydroxylation is 3. The highest BCUT2D eigenvalue weighted by molar-refractivity contribution is 7.89. The Labute approximate surface area is 123 Å².